The van der Waals surface area contributed by atoms with Gasteiger partial charge in [0, 0.05) is 0 Å². The highest BCUT2D eigenvalue weighted by Crippen LogP contribution is 2.23. The molecule has 3 N–H and O–H groups in total. The zero-order valence-electron chi connectivity index (χ0n) is 11.3. The molecule has 1 aromatic carbocycles. The van der Waals surface area contributed by atoms with Crippen LogP contribution in [0.3, 0.4) is 0 Å². The number of esters is 1. The van der Waals surface area contributed by atoms with Crippen LogP contribution in [0, 0.1) is 12.7 Å². The molecule has 2 rings (SSSR count). The zero-order valence-corrected chi connectivity index (χ0v) is 12.1. The number of nitrogens with one attached hydrogen (secondary N) is 1. The summed E-state index contributed by atoms with van der Waals surface area (Å²) >= 11 is 1.01. The van der Waals surface area contributed by atoms with Crippen molar-refractivity contribution in [3.8, 4) is 0 Å². The third-order valence-corrected chi connectivity index (χ3v) is 3.64. The van der Waals surface area contributed by atoms with Crippen LogP contribution in [-0.4, -0.2) is 24.0 Å². The van der Waals surface area contributed by atoms with Gasteiger partial charge in [-0.25, -0.2) is 14.2 Å². The summed E-state index contributed by atoms with van der Waals surface area (Å²) < 4.78 is 17.9. The Balaban J connectivity index is 2.34. The Kier molecular flexibility index (Phi) is 4.18. The SMILES string of the molecule is COC(=O)c1ccc(F)cc1NC(=O)c1sc(N)nc1C. The second-order valence-electron chi connectivity index (χ2n) is 4.10. The van der Waals surface area contributed by atoms with Gasteiger partial charge in [-0.1, -0.05) is 11.3 Å². The Bertz CT molecular complexity index is 715. The highest BCUT2D eigenvalue weighted by Gasteiger charge is 2.19. The van der Waals surface area contributed by atoms with Crippen molar-refractivity contribution < 1.29 is 18.7 Å². The van der Waals surface area contributed by atoms with E-state index in [-0.39, 0.29) is 16.4 Å². The minimum Gasteiger partial charge on any atom is -0.465 e. The van der Waals surface area contributed by atoms with Gasteiger partial charge in [0.2, 0.25) is 0 Å². The predicted molar refractivity (Wildman–Crippen MR) is 77.0 cm³/mol. The van der Waals surface area contributed by atoms with Crippen molar-refractivity contribution in [3.63, 3.8) is 0 Å². The number of ether oxygens (including phenoxy) is 1. The van der Waals surface area contributed by atoms with Crippen LogP contribution in [0.2, 0.25) is 0 Å². The lowest BCUT2D eigenvalue weighted by molar-refractivity contribution is 0.0602. The molecular formula is C13H12FN3O3S. The normalized spacial score (nSPS) is 10.2. The summed E-state index contributed by atoms with van der Waals surface area (Å²) in [6.45, 7) is 1.63. The second-order valence-corrected chi connectivity index (χ2v) is 5.13. The van der Waals surface area contributed by atoms with E-state index >= 15 is 0 Å². The van der Waals surface area contributed by atoms with Crippen LogP contribution < -0.4 is 11.1 Å². The topological polar surface area (TPSA) is 94.3 Å². The molecular weight excluding hydrogens is 297 g/mol. The number of halogens is 1. The number of hydrogen-bond acceptors (Lipinski definition) is 6. The fourth-order valence-electron chi connectivity index (χ4n) is 1.71. The van der Waals surface area contributed by atoms with Crippen molar-refractivity contribution >= 4 is 34.0 Å². The molecule has 21 heavy (non-hydrogen) atoms. The number of thiazole rings is 1. The maximum absolute atomic E-state index is 13.3. The average Bonchev–Trinajstić information content (AvgIpc) is 2.77. The van der Waals surface area contributed by atoms with Gasteiger partial charge in [-0.05, 0) is 25.1 Å². The number of aryl methyl sites for hydroxylation is 1. The molecule has 0 radical (unpaired) electrons. The summed E-state index contributed by atoms with van der Waals surface area (Å²) in [6.07, 6.45) is 0. The fourth-order valence-corrected chi connectivity index (χ4v) is 2.44. The molecule has 1 heterocycles. The van der Waals surface area contributed by atoms with Crippen LogP contribution >= 0.6 is 11.3 Å². The number of anilines is 2. The van der Waals surface area contributed by atoms with Gasteiger partial charge < -0.3 is 15.8 Å². The minimum absolute atomic E-state index is 0.0261. The second kappa shape index (κ2) is 5.88. The van der Waals surface area contributed by atoms with Gasteiger partial charge >= 0.3 is 5.97 Å². The van der Waals surface area contributed by atoms with Crippen molar-refractivity contribution in [3.05, 3.63) is 40.2 Å². The van der Waals surface area contributed by atoms with E-state index in [1.54, 1.807) is 6.92 Å². The van der Waals surface area contributed by atoms with E-state index in [2.05, 4.69) is 15.0 Å². The first-order valence-corrected chi connectivity index (χ1v) is 6.66. The number of aromatic nitrogens is 1. The summed E-state index contributed by atoms with van der Waals surface area (Å²) in [6, 6.07) is 3.40. The Morgan fingerprint density at radius 3 is 2.71 bits per heavy atom. The van der Waals surface area contributed by atoms with Crippen LogP contribution in [0.15, 0.2) is 18.2 Å². The Morgan fingerprint density at radius 2 is 2.14 bits per heavy atom. The fraction of sp³-hybridized carbons (Fsp3) is 0.154. The molecule has 6 nitrogen and oxygen atoms in total. The monoisotopic (exact) mass is 309 g/mol. The Morgan fingerprint density at radius 1 is 1.43 bits per heavy atom. The molecule has 0 saturated carbocycles. The van der Waals surface area contributed by atoms with Crippen molar-refractivity contribution in [1.82, 2.24) is 4.98 Å². The summed E-state index contributed by atoms with van der Waals surface area (Å²) in [5.74, 6) is -1.78. The molecule has 0 aliphatic carbocycles. The van der Waals surface area contributed by atoms with Crippen molar-refractivity contribution in [2.45, 2.75) is 6.92 Å². The summed E-state index contributed by atoms with van der Waals surface area (Å²) in [5, 5.41) is 2.73. The van der Waals surface area contributed by atoms with Gasteiger partial charge in [0.05, 0.1) is 24.1 Å². The number of carbonyl (C=O) groups excluding carboxylic acids is 2. The van der Waals surface area contributed by atoms with E-state index in [0.29, 0.717) is 10.6 Å². The van der Waals surface area contributed by atoms with Gasteiger partial charge in [-0.2, -0.15) is 0 Å². The molecule has 0 unspecified atom stereocenters. The molecule has 0 atom stereocenters. The Labute approximate surface area is 123 Å². The molecule has 0 saturated heterocycles. The number of nitrogens with zero attached hydrogens (tertiary/aromatic N) is 1. The summed E-state index contributed by atoms with van der Waals surface area (Å²) in [5.41, 5.74) is 6.08. The number of amides is 1. The quantitative estimate of drug-likeness (QED) is 0.848. The molecule has 0 bridgehead atoms. The molecule has 1 aromatic heterocycles. The van der Waals surface area contributed by atoms with Crippen molar-refractivity contribution in [2.24, 2.45) is 0 Å². The molecule has 8 heteroatoms. The van der Waals surface area contributed by atoms with E-state index < -0.39 is 17.7 Å². The zero-order chi connectivity index (χ0) is 15.6. The van der Waals surface area contributed by atoms with E-state index in [9.17, 15) is 14.0 Å². The third kappa shape index (κ3) is 3.16. The highest BCUT2D eigenvalue weighted by atomic mass is 32.1. The number of nitrogens with two attached hydrogens (primary N) is 1. The number of nitrogen functional groups attached to an aromatic ring is 1. The maximum atomic E-state index is 13.3. The van der Waals surface area contributed by atoms with Crippen molar-refractivity contribution in [1.29, 1.82) is 0 Å². The molecule has 1 amide bonds. The first-order valence-electron chi connectivity index (χ1n) is 5.84. The largest absolute Gasteiger partial charge is 0.465 e. The number of hydrogen-bond donors (Lipinski definition) is 2. The lowest BCUT2D eigenvalue weighted by Crippen LogP contribution is -2.15. The summed E-state index contributed by atoms with van der Waals surface area (Å²) in [4.78, 5) is 28.0. The van der Waals surface area contributed by atoms with E-state index in [1.807, 2.05) is 0 Å². The van der Waals surface area contributed by atoms with Gasteiger partial charge in [0.1, 0.15) is 10.7 Å². The molecule has 110 valence electrons. The van der Waals surface area contributed by atoms with Gasteiger partial charge in [0.15, 0.2) is 5.13 Å². The predicted octanol–water partition coefficient (Wildman–Crippen LogP) is 2.21. The molecule has 2 aromatic rings. The highest BCUT2D eigenvalue weighted by molar-refractivity contribution is 7.17. The van der Waals surface area contributed by atoms with Crippen LogP contribution in [0.25, 0.3) is 0 Å². The van der Waals surface area contributed by atoms with E-state index in [4.69, 9.17) is 5.73 Å². The number of carbonyl (C=O) groups is 2. The van der Waals surface area contributed by atoms with Crippen LogP contribution in [0.1, 0.15) is 25.7 Å². The van der Waals surface area contributed by atoms with Gasteiger partial charge in [-0.3, -0.25) is 4.79 Å². The van der Waals surface area contributed by atoms with Crippen LogP contribution in [0.5, 0.6) is 0 Å². The molecule has 0 spiro atoms. The van der Waals surface area contributed by atoms with Gasteiger partial charge in [0.25, 0.3) is 5.91 Å². The number of methoxy groups -OCH3 is 1. The smallest absolute Gasteiger partial charge is 0.339 e. The minimum atomic E-state index is -0.675. The number of rotatable bonds is 3. The van der Waals surface area contributed by atoms with E-state index in [0.717, 1.165) is 23.5 Å². The third-order valence-electron chi connectivity index (χ3n) is 2.65. The molecule has 0 fully saturated rings. The van der Waals surface area contributed by atoms with E-state index in [1.165, 1.54) is 13.2 Å². The average molecular weight is 309 g/mol. The van der Waals surface area contributed by atoms with Crippen LogP contribution in [0.4, 0.5) is 15.2 Å². The first-order chi connectivity index (χ1) is 9.92. The summed E-state index contributed by atoms with van der Waals surface area (Å²) in [7, 11) is 1.20. The van der Waals surface area contributed by atoms with Crippen LogP contribution in [-0.2, 0) is 4.74 Å². The molecule has 0 aliphatic heterocycles. The van der Waals surface area contributed by atoms with Crippen molar-refractivity contribution in [2.75, 3.05) is 18.2 Å². The number of benzene rings is 1. The maximum Gasteiger partial charge on any atom is 0.339 e. The lowest BCUT2D eigenvalue weighted by atomic mass is 10.1. The first kappa shape index (κ1) is 14.9. The lowest BCUT2D eigenvalue weighted by Gasteiger charge is -2.09. The molecule has 0 aliphatic rings. The standard InChI is InChI=1S/C13H12FN3O3S/c1-6-10(21-13(15)16-6)11(18)17-9-5-7(14)3-4-8(9)12(19)20-2/h3-5H,1-2H3,(H2,15,16)(H,17,18). The van der Waals surface area contributed by atoms with Gasteiger partial charge in [-0.15, -0.1) is 0 Å². The Hall–Kier alpha value is -2.48.